The van der Waals surface area contributed by atoms with Crippen molar-refractivity contribution in [3.63, 3.8) is 0 Å². The number of allylic oxidation sites excluding steroid dienone is 2. The summed E-state index contributed by atoms with van der Waals surface area (Å²) < 4.78 is 10.3. The van der Waals surface area contributed by atoms with Crippen LogP contribution in [0.1, 0.15) is 46.0 Å². The molecule has 0 N–H and O–H groups in total. The van der Waals surface area contributed by atoms with Crippen molar-refractivity contribution < 1.29 is 14.3 Å². The van der Waals surface area contributed by atoms with Crippen LogP contribution in [0.5, 0.6) is 0 Å². The number of carbonyl (C=O) groups excluding carboxylic acids is 1. The van der Waals surface area contributed by atoms with E-state index in [1.807, 2.05) is 19.9 Å². The van der Waals surface area contributed by atoms with Crippen LogP contribution in [0.2, 0.25) is 0 Å². The number of hydrogen-bond donors (Lipinski definition) is 0. The van der Waals surface area contributed by atoms with Gasteiger partial charge in [-0.05, 0) is 45.6 Å². The highest BCUT2D eigenvalue weighted by molar-refractivity contribution is 5.89. The molecular formula is C14H26O3. The van der Waals surface area contributed by atoms with E-state index < -0.39 is 0 Å². The predicted molar refractivity (Wildman–Crippen MR) is 70.2 cm³/mol. The molecule has 0 bridgehead atoms. The number of ketones is 1. The third kappa shape index (κ3) is 13.3. The fourth-order valence-electron chi connectivity index (χ4n) is 1.37. The average Bonchev–Trinajstić information content (AvgIpc) is 2.28. The number of rotatable bonds is 11. The van der Waals surface area contributed by atoms with Gasteiger partial charge in [0.1, 0.15) is 0 Å². The van der Waals surface area contributed by atoms with E-state index in [9.17, 15) is 4.79 Å². The highest BCUT2D eigenvalue weighted by Crippen LogP contribution is 2.00. The first-order chi connectivity index (χ1) is 8.16. The molecule has 0 unspecified atom stereocenters. The average molecular weight is 242 g/mol. The quantitative estimate of drug-likeness (QED) is 0.412. The standard InChI is InChI=1S/C14H26O3/c1-13(2)17-12-7-5-4-6-9-14(15)10-8-11-16-3/h6,9,13H,4-5,7-8,10-12H2,1-3H3/b9-6+. The summed E-state index contributed by atoms with van der Waals surface area (Å²) in [5.74, 6) is 0.195. The van der Waals surface area contributed by atoms with E-state index >= 15 is 0 Å². The molecule has 0 aliphatic heterocycles. The van der Waals surface area contributed by atoms with Crippen molar-refractivity contribution in [3.8, 4) is 0 Å². The molecule has 0 aromatic carbocycles. The maximum Gasteiger partial charge on any atom is 0.155 e. The topological polar surface area (TPSA) is 35.5 Å². The molecule has 100 valence electrons. The molecule has 3 heteroatoms. The van der Waals surface area contributed by atoms with Gasteiger partial charge in [-0.3, -0.25) is 4.79 Å². The molecular weight excluding hydrogens is 216 g/mol. The fourth-order valence-corrected chi connectivity index (χ4v) is 1.37. The smallest absolute Gasteiger partial charge is 0.155 e. The van der Waals surface area contributed by atoms with Gasteiger partial charge in [-0.2, -0.15) is 0 Å². The van der Waals surface area contributed by atoms with E-state index in [4.69, 9.17) is 9.47 Å². The summed E-state index contributed by atoms with van der Waals surface area (Å²) >= 11 is 0. The molecule has 0 rings (SSSR count). The Morgan fingerprint density at radius 1 is 1.18 bits per heavy atom. The van der Waals surface area contributed by atoms with Gasteiger partial charge in [0.15, 0.2) is 5.78 Å². The summed E-state index contributed by atoms with van der Waals surface area (Å²) in [6, 6.07) is 0. The second-order valence-electron chi connectivity index (χ2n) is 4.38. The van der Waals surface area contributed by atoms with Crippen molar-refractivity contribution in [2.24, 2.45) is 0 Å². The van der Waals surface area contributed by atoms with E-state index in [0.29, 0.717) is 19.1 Å². The van der Waals surface area contributed by atoms with Gasteiger partial charge >= 0.3 is 0 Å². The lowest BCUT2D eigenvalue weighted by molar-refractivity contribution is -0.114. The molecule has 0 aromatic rings. The Morgan fingerprint density at radius 2 is 1.94 bits per heavy atom. The van der Waals surface area contributed by atoms with Gasteiger partial charge in [-0.15, -0.1) is 0 Å². The van der Waals surface area contributed by atoms with Crippen LogP contribution in [0.3, 0.4) is 0 Å². The van der Waals surface area contributed by atoms with Crippen LogP contribution in [0.25, 0.3) is 0 Å². The third-order valence-electron chi connectivity index (χ3n) is 2.29. The normalized spacial score (nSPS) is 11.5. The Balaban J connectivity index is 3.31. The van der Waals surface area contributed by atoms with Gasteiger partial charge in [0.05, 0.1) is 6.10 Å². The van der Waals surface area contributed by atoms with E-state index in [1.165, 1.54) is 0 Å². The SMILES string of the molecule is COCCCC(=O)/C=C/CCCCOC(C)C. The molecule has 0 aromatic heterocycles. The first-order valence-electron chi connectivity index (χ1n) is 6.46. The highest BCUT2D eigenvalue weighted by atomic mass is 16.5. The minimum Gasteiger partial charge on any atom is -0.385 e. The first kappa shape index (κ1) is 16.3. The Bertz CT molecular complexity index is 210. The molecule has 0 radical (unpaired) electrons. The van der Waals surface area contributed by atoms with Crippen molar-refractivity contribution in [3.05, 3.63) is 12.2 Å². The van der Waals surface area contributed by atoms with Crippen LogP contribution in [-0.2, 0) is 14.3 Å². The van der Waals surface area contributed by atoms with Crippen molar-refractivity contribution >= 4 is 5.78 Å². The van der Waals surface area contributed by atoms with Gasteiger partial charge in [0.2, 0.25) is 0 Å². The Kier molecular flexibility index (Phi) is 11.3. The van der Waals surface area contributed by atoms with Gasteiger partial charge in [0.25, 0.3) is 0 Å². The van der Waals surface area contributed by atoms with Crippen LogP contribution in [0.4, 0.5) is 0 Å². The number of methoxy groups -OCH3 is 1. The Morgan fingerprint density at radius 3 is 2.59 bits per heavy atom. The molecule has 0 aliphatic carbocycles. The third-order valence-corrected chi connectivity index (χ3v) is 2.29. The summed E-state index contributed by atoms with van der Waals surface area (Å²) in [5.41, 5.74) is 0. The molecule has 0 spiro atoms. The lowest BCUT2D eigenvalue weighted by atomic mass is 10.2. The largest absolute Gasteiger partial charge is 0.385 e. The number of ether oxygens (including phenoxy) is 2. The fraction of sp³-hybridized carbons (Fsp3) is 0.786. The Hall–Kier alpha value is -0.670. The number of hydrogen-bond acceptors (Lipinski definition) is 3. The van der Waals surface area contributed by atoms with Crippen LogP contribution >= 0.6 is 0 Å². The lowest BCUT2D eigenvalue weighted by Crippen LogP contribution is -2.03. The second kappa shape index (κ2) is 11.8. The van der Waals surface area contributed by atoms with Gasteiger partial charge < -0.3 is 9.47 Å². The Labute approximate surface area is 105 Å². The minimum absolute atomic E-state index is 0.195. The second-order valence-corrected chi connectivity index (χ2v) is 4.38. The van der Waals surface area contributed by atoms with E-state index in [0.717, 1.165) is 32.3 Å². The van der Waals surface area contributed by atoms with Crippen LogP contribution in [0, 0.1) is 0 Å². The molecule has 0 saturated heterocycles. The van der Waals surface area contributed by atoms with Gasteiger partial charge in [-0.1, -0.05) is 6.08 Å². The zero-order valence-corrected chi connectivity index (χ0v) is 11.4. The maximum atomic E-state index is 11.3. The molecule has 17 heavy (non-hydrogen) atoms. The first-order valence-corrected chi connectivity index (χ1v) is 6.46. The summed E-state index contributed by atoms with van der Waals surface area (Å²) in [6.45, 7) is 5.55. The molecule has 0 fully saturated rings. The number of carbonyl (C=O) groups is 1. The molecule has 0 heterocycles. The molecule has 3 nitrogen and oxygen atoms in total. The zero-order chi connectivity index (χ0) is 12.9. The van der Waals surface area contributed by atoms with Crippen molar-refractivity contribution in [1.29, 1.82) is 0 Å². The maximum absolute atomic E-state index is 11.3. The van der Waals surface area contributed by atoms with Gasteiger partial charge in [-0.25, -0.2) is 0 Å². The summed E-state index contributed by atoms with van der Waals surface area (Å²) in [4.78, 5) is 11.3. The van der Waals surface area contributed by atoms with E-state index in [1.54, 1.807) is 13.2 Å². The van der Waals surface area contributed by atoms with Crippen molar-refractivity contribution in [1.82, 2.24) is 0 Å². The van der Waals surface area contributed by atoms with E-state index in [-0.39, 0.29) is 5.78 Å². The monoisotopic (exact) mass is 242 g/mol. The summed E-state index contributed by atoms with van der Waals surface area (Å²) in [6.07, 6.45) is 8.45. The van der Waals surface area contributed by atoms with Gasteiger partial charge in [0, 0.05) is 26.7 Å². The van der Waals surface area contributed by atoms with Crippen LogP contribution in [-0.4, -0.2) is 32.2 Å². The summed E-state index contributed by atoms with van der Waals surface area (Å²) in [5, 5.41) is 0. The van der Waals surface area contributed by atoms with E-state index in [2.05, 4.69) is 0 Å². The lowest BCUT2D eigenvalue weighted by Gasteiger charge is -2.05. The van der Waals surface area contributed by atoms with Crippen LogP contribution < -0.4 is 0 Å². The molecule has 0 saturated carbocycles. The molecule has 0 atom stereocenters. The number of unbranched alkanes of at least 4 members (excludes halogenated alkanes) is 2. The van der Waals surface area contributed by atoms with Crippen LogP contribution in [0.15, 0.2) is 12.2 Å². The predicted octanol–water partition coefficient (Wildman–Crippen LogP) is 3.13. The van der Waals surface area contributed by atoms with Crippen molar-refractivity contribution in [2.45, 2.75) is 52.1 Å². The zero-order valence-electron chi connectivity index (χ0n) is 11.4. The molecule has 0 aliphatic rings. The summed E-state index contributed by atoms with van der Waals surface area (Å²) in [7, 11) is 1.65. The highest BCUT2D eigenvalue weighted by Gasteiger charge is 1.96. The molecule has 0 amide bonds. The minimum atomic E-state index is 0.195. The van der Waals surface area contributed by atoms with Crippen molar-refractivity contribution in [2.75, 3.05) is 20.3 Å².